The number of aliphatic hydroxyl groups excluding tert-OH is 1. The zero-order valence-corrected chi connectivity index (χ0v) is 19.1. The first kappa shape index (κ1) is 21.7. The van der Waals surface area contributed by atoms with Gasteiger partial charge in [0.1, 0.15) is 11.4 Å². The van der Waals surface area contributed by atoms with Gasteiger partial charge in [0.15, 0.2) is 0 Å². The smallest absolute Gasteiger partial charge is 0.146 e. The van der Waals surface area contributed by atoms with E-state index in [0.717, 1.165) is 32.1 Å². The van der Waals surface area contributed by atoms with Crippen molar-refractivity contribution in [2.75, 3.05) is 5.75 Å². The Morgan fingerprint density at radius 1 is 1.10 bits per heavy atom. The highest BCUT2D eigenvalue weighted by molar-refractivity contribution is 8.00. The summed E-state index contributed by atoms with van der Waals surface area (Å²) >= 11 is 1.37. The molecule has 3 nitrogen and oxygen atoms in total. The Morgan fingerprint density at radius 3 is 2.52 bits per heavy atom. The number of carbonyl (C=O) groups is 1. The minimum absolute atomic E-state index is 0.134. The SMILES string of the molecule is C#C[C@@]1(O)CC[C@@]2(C)[C@H](CC[C@@H]3[C@@H]2CC[C@]2(C)[C@@H](C(=O)CSC(C)O)CC[C@@H]32)C1. The second kappa shape index (κ2) is 7.57. The maximum absolute atomic E-state index is 13.0. The monoisotopic (exact) mass is 418 g/mol. The number of rotatable bonds is 4. The van der Waals surface area contributed by atoms with Crippen molar-refractivity contribution in [2.24, 2.45) is 40.4 Å². The molecule has 0 radical (unpaired) electrons. The number of thioether (sulfide) groups is 1. The van der Waals surface area contributed by atoms with Crippen molar-refractivity contribution in [3.05, 3.63) is 0 Å². The largest absolute Gasteiger partial charge is 0.383 e. The van der Waals surface area contributed by atoms with E-state index in [0.29, 0.717) is 35.2 Å². The maximum atomic E-state index is 13.0. The molecule has 0 heterocycles. The lowest BCUT2D eigenvalue weighted by Crippen LogP contribution is -2.56. The van der Waals surface area contributed by atoms with Crippen LogP contribution < -0.4 is 0 Å². The van der Waals surface area contributed by atoms with E-state index in [2.05, 4.69) is 19.8 Å². The first-order valence-corrected chi connectivity index (χ1v) is 12.7. The van der Waals surface area contributed by atoms with Crippen molar-refractivity contribution in [1.29, 1.82) is 0 Å². The van der Waals surface area contributed by atoms with Crippen molar-refractivity contribution in [1.82, 2.24) is 0 Å². The van der Waals surface area contributed by atoms with Gasteiger partial charge in [0, 0.05) is 5.92 Å². The van der Waals surface area contributed by atoms with Gasteiger partial charge in [-0.25, -0.2) is 0 Å². The second-order valence-corrected chi connectivity index (χ2v) is 12.4. The molecule has 29 heavy (non-hydrogen) atoms. The third-order valence-corrected chi connectivity index (χ3v) is 10.8. The Labute approximate surface area is 180 Å². The molecule has 0 aromatic heterocycles. The molecular formula is C25H38O3S. The highest BCUT2D eigenvalue weighted by Gasteiger charge is 2.61. The third kappa shape index (κ3) is 3.50. The van der Waals surface area contributed by atoms with Crippen molar-refractivity contribution in [2.45, 2.75) is 89.6 Å². The van der Waals surface area contributed by atoms with E-state index < -0.39 is 11.0 Å². The van der Waals surface area contributed by atoms with Crippen molar-refractivity contribution in [3.8, 4) is 12.3 Å². The average Bonchev–Trinajstić information content (AvgIpc) is 3.04. The highest BCUT2D eigenvalue weighted by Crippen LogP contribution is 2.68. The summed E-state index contributed by atoms with van der Waals surface area (Å²) in [6, 6.07) is 0. The first-order chi connectivity index (χ1) is 13.6. The van der Waals surface area contributed by atoms with Gasteiger partial charge in [0.2, 0.25) is 0 Å². The van der Waals surface area contributed by atoms with Crippen LogP contribution in [0.4, 0.5) is 0 Å². The van der Waals surface area contributed by atoms with Crippen LogP contribution in [0.2, 0.25) is 0 Å². The Bertz CT molecular complexity index is 699. The molecule has 0 saturated heterocycles. The minimum Gasteiger partial charge on any atom is -0.383 e. The van der Waals surface area contributed by atoms with Crippen LogP contribution in [0, 0.1) is 52.8 Å². The number of ketones is 1. The topological polar surface area (TPSA) is 57.5 Å². The number of Topliss-reactive ketones (excluding diaryl/α,β-unsaturated/α-hetero) is 1. The average molecular weight is 419 g/mol. The summed E-state index contributed by atoms with van der Waals surface area (Å²) in [5.41, 5.74) is -0.943. The quantitative estimate of drug-likeness (QED) is 0.515. The summed E-state index contributed by atoms with van der Waals surface area (Å²) in [7, 11) is 0. The minimum atomic E-state index is -0.896. The summed E-state index contributed by atoms with van der Waals surface area (Å²) in [5, 5.41) is 20.3. The van der Waals surface area contributed by atoms with E-state index in [1.807, 2.05) is 0 Å². The van der Waals surface area contributed by atoms with E-state index in [-0.39, 0.29) is 16.7 Å². The molecule has 4 fully saturated rings. The molecule has 4 saturated carbocycles. The van der Waals surface area contributed by atoms with Crippen LogP contribution in [0.3, 0.4) is 0 Å². The summed E-state index contributed by atoms with van der Waals surface area (Å²) in [5.74, 6) is 6.27. The van der Waals surface area contributed by atoms with Crippen LogP contribution in [-0.2, 0) is 4.79 Å². The summed E-state index contributed by atoms with van der Waals surface area (Å²) in [6.45, 7) is 6.61. The van der Waals surface area contributed by atoms with E-state index >= 15 is 0 Å². The molecule has 0 bridgehead atoms. The van der Waals surface area contributed by atoms with Gasteiger partial charge in [-0.1, -0.05) is 19.8 Å². The summed E-state index contributed by atoms with van der Waals surface area (Å²) in [4.78, 5) is 13.0. The van der Waals surface area contributed by atoms with Gasteiger partial charge in [0.05, 0.1) is 11.2 Å². The number of hydrogen-bond donors (Lipinski definition) is 2. The third-order valence-electron chi connectivity index (χ3n) is 9.85. The van der Waals surface area contributed by atoms with Crippen LogP contribution >= 0.6 is 11.8 Å². The normalized spacial score (nSPS) is 50.0. The molecule has 2 N–H and O–H groups in total. The molecule has 9 atom stereocenters. The van der Waals surface area contributed by atoms with Crippen LogP contribution in [0.5, 0.6) is 0 Å². The van der Waals surface area contributed by atoms with Crippen LogP contribution in [-0.4, -0.2) is 32.8 Å². The Kier molecular flexibility index (Phi) is 5.67. The number of terminal acetylenes is 1. The van der Waals surface area contributed by atoms with Gasteiger partial charge >= 0.3 is 0 Å². The predicted octanol–water partition coefficient (Wildman–Crippen LogP) is 4.65. The molecule has 0 spiro atoms. The highest BCUT2D eigenvalue weighted by atomic mass is 32.2. The number of carbonyl (C=O) groups excluding carboxylic acids is 1. The first-order valence-electron chi connectivity index (χ1n) is 11.7. The molecule has 1 unspecified atom stereocenters. The Balaban J connectivity index is 1.51. The van der Waals surface area contributed by atoms with E-state index in [9.17, 15) is 15.0 Å². The molecule has 4 aliphatic rings. The van der Waals surface area contributed by atoms with Crippen LogP contribution in [0.1, 0.15) is 78.6 Å². The van der Waals surface area contributed by atoms with Crippen LogP contribution in [0.15, 0.2) is 0 Å². The van der Waals surface area contributed by atoms with E-state index in [1.165, 1.54) is 37.4 Å². The zero-order valence-electron chi connectivity index (χ0n) is 18.3. The molecule has 4 aliphatic carbocycles. The lowest BCUT2D eigenvalue weighted by molar-refractivity contribution is -0.144. The molecule has 162 valence electrons. The molecule has 0 aromatic carbocycles. The fourth-order valence-electron chi connectivity index (χ4n) is 8.21. The molecule has 4 rings (SSSR count). The number of hydrogen-bond acceptors (Lipinski definition) is 4. The molecular weight excluding hydrogens is 380 g/mol. The molecule has 0 aromatic rings. The van der Waals surface area contributed by atoms with E-state index in [1.54, 1.807) is 6.92 Å². The fraction of sp³-hybridized carbons (Fsp3) is 0.880. The van der Waals surface area contributed by atoms with Gasteiger partial charge in [-0.15, -0.1) is 18.2 Å². The fourth-order valence-corrected chi connectivity index (χ4v) is 8.82. The Hall–Kier alpha value is -0.500. The van der Waals surface area contributed by atoms with Crippen molar-refractivity contribution < 1.29 is 15.0 Å². The molecule has 0 aliphatic heterocycles. The number of fused-ring (bicyclic) bond motifs is 5. The van der Waals surface area contributed by atoms with Crippen molar-refractivity contribution in [3.63, 3.8) is 0 Å². The Morgan fingerprint density at radius 2 is 1.83 bits per heavy atom. The predicted molar refractivity (Wildman–Crippen MR) is 118 cm³/mol. The lowest BCUT2D eigenvalue weighted by Gasteiger charge is -2.61. The van der Waals surface area contributed by atoms with E-state index in [4.69, 9.17) is 6.42 Å². The second-order valence-electron chi connectivity index (χ2n) is 11.1. The molecule has 0 amide bonds. The van der Waals surface area contributed by atoms with Crippen molar-refractivity contribution >= 4 is 17.5 Å². The van der Waals surface area contributed by atoms with Gasteiger partial charge in [-0.05, 0) is 99.2 Å². The lowest BCUT2D eigenvalue weighted by atomic mass is 9.44. The van der Waals surface area contributed by atoms with Gasteiger partial charge in [-0.3, -0.25) is 4.79 Å². The summed E-state index contributed by atoms with van der Waals surface area (Å²) in [6.07, 6.45) is 15.2. The van der Waals surface area contributed by atoms with Crippen LogP contribution in [0.25, 0.3) is 0 Å². The standard InChI is InChI=1S/C25H38O3S/c1-5-25(28)13-12-23(3)17(14-25)6-7-18-19-8-9-21(22(27)15-29-16(2)26)24(19,4)11-10-20(18)23/h1,16-21,26,28H,6-15H2,2-4H3/t16?,17-,18+,19+,20+,21-,23+,24+,25-/m1/s1. The molecule has 4 heteroatoms. The number of aliphatic hydroxyl groups is 2. The summed E-state index contributed by atoms with van der Waals surface area (Å²) < 4.78 is 0. The van der Waals surface area contributed by atoms with Gasteiger partial charge in [-0.2, -0.15) is 0 Å². The maximum Gasteiger partial charge on any atom is 0.146 e. The van der Waals surface area contributed by atoms with Gasteiger partial charge in [0.25, 0.3) is 0 Å². The zero-order chi connectivity index (χ0) is 21.0. The van der Waals surface area contributed by atoms with Gasteiger partial charge < -0.3 is 10.2 Å².